The third-order valence-corrected chi connectivity index (χ3v) is 3.28. The van der Waals surface area contributed by atoms with Gasteiger partial charge in [0.15, 0.2) is 0 Å². The number of rotatable bonds is 2. The first kappa shape index (κ1) is 10.8. The quantitative estimate of drug-likeness (QED) is 0.495. The summed E-state index contributed by atoms with van der Waals surface area (Å²) in [6, 6.07) is -0.217. The first-order chi connectivity index (χ1) is 6.65. The van der Waals surface area contributed by atoms with Gasteiger partial charge in [0, 0.05) is 0 Å². The van der Waals surface area contributed by atoms with Crippen LogP contribution >= 0.6 is 0 Å². The zero-order chi connectivity index (χ0) is 10.6. The molecule has 0 bridgehead atoms. The second-order valence-electron chi connectivity index (χ2n) is 4.00. The highest BCUT2D eigenvalue weighted by molar-refractivity contribution is 5.38. The first-order valence-corrected chi connectivity index (χ1v) is 4.81. The number of carbonyl (C=O) groups excluding carboxylic acids is 2. The summed E-state index contributed by atoms with van der Waals surface area (Å²) in [5.41, 5.74) is -0.572. The molecule has 14 heavy (non-hydrogen) atoms. The zero-order valence-electron chi connectivity index (χ0n) is 8.49. The van der Waals surface area contributed by atoms with Crippen LogP contribution in [0.1, 0.15) is 33.1 Å². The van der Waals surface area contributed by atoms with Gasteiger partial charge in [-0.25, -0.2) is 9.59 Å². The molecule has 0 heterocycles. The highest BCUT2D eigenvalue weighted by Gasteiger charge is 2.42. The van der Waals surface area contributed by atoms with Crippen molar-refractivity contribution in [2.75, 3.05) is 0 Å². The van der Waals surface area contributed by atoms with Gasteiger partial charge in [0.25, 0.3) is 0 Å². The van der Waals surface area contributed by atoms with Gasteiger partial charge >= 0.3 is 0 Å². The van der Waals surface area contributed by atoms with E-state index in [1.54, 1.807) is 12.2 Å². The molecular formula is C10H14N2O2. The normalized spacial score (nSPS) is 36.7. The molecule has 76 valence electrons. The topological polar surface area (TPSA) is 58.9 Å². The maximum Gasteiger partial charge on any atom is 0.235 e. The Labute approximate surface area is 83.1 Å². The molecule has 0 saturated heterocycles. The Morgan fingerprint density at radius 2 is 2.00 bits per heavy atom. The summed E-state index contributed by atoms with van der Waals surface area (Å²) in [7, 11) is 0. The summed E-state index contributed by atoms with van der Waals surface area (Å²) in [6.07, 6.45) is 5.95. The minimum absolute atomic E-state index is 0.217. The van der Waals surface area contributed by atoms with E-state index in [0.717, 1.165) is 19.3 Å². The van der Waals surface area contributed by atoms with E-state index in [0.29, 0.717) is 0 Å². The van der Waals surface area contributed by atoms with Crippen molar-refractivity contribution < 1.29 is 9.59 Å². The van der Waals surface area contributed by atoms with E-state index >= 15 is 0 Å². The lowest BCUT2D eigenvalue weighted by atomic mass is 9.72. The lowest BCUT2D eigenvalue weighted by molar-refractivity contribution is 0.196. The maximum atomic E-state index is 10.3. The Balaban J connectivity index is 3.01. The molecule has 0 aromatic heterocycles. The summed E-state index contributed by atoms with van der Waals surface area (Å²) in [6.45, 7) is 3.88. The van der Waals surface area contributed by atoms with Gasteiger partial charge in [0.2, 0.25) is 12.2 Å². The van der Waals surface area contributed by atoms with Gasteiger partial charge in [-0.1, -0.05) is 13.3 Å². The molecule has 0 aromatic rings. The Hall–Kier alpha value is -1.24. The molecular weight excluding hydrogens is 180 g/mol. The molecule has 0 N–H and O–H groups in total. The van der Waals surface area contributed by atoms with Crippen molar-refractivity contribution >= 4 is 12.2 Å². The molecule has 0 amide bonds. The van der Waals surface area contributed by atoms with Gasteiger partial charge in [-0.05, 0) is 25.7 Å². The smallest absolute Gasteiger partial charge is 0.211 e. The first-order valence-electron chi connectivity index (χ1n) is 4.81. The molecule has 1 aliphatic rings. The van der Waals surface area contributed by atoms with Crippen molar-refractivity contribution in [2.45, 2.75) is 44.7 Å². The number of hydrogen-bond donors (Lipinski definition) is 0. The minimum atomic E-state index is -0.572. The standard InChI is InChI=1S/C10H14N2O2/c1-8-4-3-5-9(11-6-13)10(8,2)12-7-14/h8-9H,3-5H2,1-2H3. The number of nitrogens with zero attached hydrogens (tertiary/aromatic N) is 2. The van der Waals surface area contributed by atoms with E-state index in [-0.39, 0.29) is 12.0 Å². The van der Waals surface area contributed by atoms with E-state index in [2.05, 4.69) is 9.98 Å². The SMILES string of the molecule is CC1CCCC(N=C=O)C1(C)N=C=O. The summed E-state index contributed by atoms with van der Waals surface area (Å²) in [5.74, 6) is 0.250. The van der Waals surface area contributed by atoms with E-state index in [4.69, 9.17) is 0 Å². The third kappa shape index (κ3) is 1.82. The molecule has 1 fully saturated rings. The van der Waals surface area contributed by atoms with Gasteiger partial charge in [0.1, 0.15) is 0 Å². The van der Waals surface area contributed by atoms with Crippen LogP contribution in [0.25, 0.3) is 0 Å². The van der Waals surface area contributed by atoms with Crippen LogP contribution < -0.4 is 0 Å². The van der Waals surface area contributed by atoms with E-state index in [9.17, 15) is 9.59 Å². The second kappa shape index (κ2) is 4.32. The van der Waals surface area contributed by atoms with Crippen molar-refractivity contribution in [1.82, 2.24) is 0 Å². The van der Waals surface area contributed by atoms with Crippen molar-refractivity contribution in [3.63, 3.8) is 0 Å². The molecule has 4 nitrogen and oxygen atoms in total. The fraction of sp³-hybridized carbons (Fsp3) is 0.800. The third-order valence-electron chi connectivity index (χ3n) is 3.28. The highest BCUT2D eigenvalue weighted by atomic mass is 16.1. The van der Waals surface area contributed by atoms with Crippen LogP contribution in [-0.4, -0.2) is 23.7 Å². The van der Waals surface area contributed by atoms with Crippen molar-refractivity contribution in [1.29, 1.82) is 0 Å². The summed E-state index contributed by atoms with van der Waals surface area (Å²) >= 11 is 0. The van der Waals surface area contributed by atoms with Gasteiger partial charge in [-0.2, -0.15) is 9.98 Å². The maximum absolute atomic E-state index is 10.3. The Kier molecular flexibility index (Phi) is 3.34. The average Bonchev–Trinajstić information content (AvgIpc) is 2.14. The predicted octanol–water partition coefficient (Wildman–Crippen LogP) is 1.61. The molecule has 0 aromatic carbocycles. The van der Waals surface area contributed by atoms with E-state index < -0.39 is 5.54 Å². The van der Waals surface area contributed by atoms with Gasteiger partial charge in [0.05, 0.1) is 11.6 Å². The summed E-state index contributed by atoms with van der Waals surface area (Å²) < 4.78 is 0. The van der Waals surface area contributed by atoms with Crippen molar-refractivity contribution in [3.8, 4) is 0 Å². The lowest BCUT2D eigenvalue weighted by Gasteiger charge is -2.39. The fourth-order valence-corrected chi connectivity index (χ4v) is 2.07. The van der Waals surface area contributed by atoms with Crippen LogP contribution in [-0.2, 0) is 9.59 Å². The molecule has 4 heteroatoms. The van der Waals surface area contributed by atoms with Crippen molar-refractivity contribution in [3.05, 3.63) is 0 Å². The van der Waals surface area contributed by atoms with Gasteiger partial charge in [-0.3, -0.25) is 0 Å². The van der Waals surface area contributed by atoms with Crippen LogP contribution in [0.5, 0.6) is 0 Å². The second-order valence-corrected chi connectivity index (χ2v) is 4.00. The van der Waals surface area contributed by atoms with E-state index in [1.165, 1.54) is 0 Å². The molecule has 3 unspecified atom stereocenters. The summed E-state index contributed by atoms with van der Waals surface area (Å²) in [4.78, 5) is 28.1. The number of isocyanates is 2. The lowest BCUT2D eigenvalue weighted by Crippen LogP contribution is -2.45. The number of aliphatic imine (C=N–C) groups is 2. The van der Waals surface area contributed by atoms with Crippen LogP contribution in [0.15, 0.2) is 9.98 Å². The molecule has 0 spiro atoms. The average molecular weight is 194 g/mol. The monoisotopic (exact) mass is 194 g/mol. The van der Waals surface area contributed by atoms with Gasteiger partial charge in [-0.15, -0.1) is 0 Å². The molecule has 1 saturated carbocycles. The predicted molar refractivity (Wildman–Crippen MR) is 51.5 cm³/mol. The van der Waals surface area contributed by atoms with E-state index in [1.807, 2.05) is 13.8 Å². The molecule has 1 aliphatic carbocycles. The highest BCUT2D eigenvalue weighted by Crippen LogP contribution is 2.38. The minimum Gasteiger partial charge on any atom is -0.211 e. The Bertz CT molecular complexity index is 303. The molecule has 0 aliphatic heterocycles. The van der Waals surface area contributed by atoms with Gasteiger partial charge < -0.3 is 0 Å². The van der Waals surface area contributed by atoms with Crippen molar-refractivity contribution in [2.24, 2.45) is 15.9 Å². The van der Waals surface area contributed by atoms with Crippen LogP contribution in [0.4, 0.5) is 0 Å². The number of hydrogen-bond acceptors (Lipinski definition) is 4. The largest absolute Gasteiger partial charge is 0.235 e. The van der Waals surface area contributed by atoms with Crippen LogP contribution in [0, 0.1) is 5.92 Å². The fourth-order valence-electron chi connectivity index (χ4n) is 2.07. The van der Waals surface area contributed by atoms with Crippen LogP contribution in [0.3, 0.4) is 0 Å². The molecule has 3 atom stereocenters. The Morgan fingerprint density at radius 3 is 2.57 bits per heavy atom. The van der Waals surface area contributed by atoms with Crippen LogP contribution in [0.2, 0.25) is 0 Å². The molecule has 1 rings (SSSR count). The summed E-state index contributed by atoms with van der Waals surface area (Å²) in [5, 5.41) is 0. The Morgan fingerprint density at radius 1 is 1.29 bits per heavy atom. The molecule has 0 radical (unpaired) electrons. The zero-order valence-corrected chi connectivity index (χ0v) is 8.49.